The van der Waals surface area contributed by atoms with Crippen molar-refractivity contribution in [2.45, 2.75) is 144 Å². The molecular formula is C32H60OSi. The Balaban J connectivity index is 1.42. The van der Waals surface area contributed by atoms with Gasteiger partial charge in [-0.15, -0.1) is 0 Å². The summed E-state index contributed by atoms with van der Waals surface area (Å²) in [6.07, 6.45) is 18.1. The molecule has 2 heteroatoms. The summed E-state index contributed by atoms with van der Waals surface area (Å²) in [6, 6.07) is 0. The summed E-state index contributed by atoms with van der Waals surface area (Å²) in [5, 5.41) is 0. The maximum absolute atomic E-state index is 6.64. The van der Waals surface area contributed by atoms with Gasteiger partial charge in [0.1, 0.15) is 0 Å². The van der Waals surface area contributed by atoms with Gasteiger partial charge in [-0.25, -0.2) is 0 Å². The molecule has 0 aliphatic heterocycles. The summed E-state index contributed by atoms with van der Waals surface area (Å²) < 4.78 is 6.64. The molecule has 0 spiro atoms. The molecule has 0 amide bonds. The first kappa shape index (κ1) is 27.2. The second-order valence-corrected chi connectivity index (χ2v) is 19.9. The lowest BCUT2D eigenvalue weighted by Gasteiger charge is -2.61. The molecule has 2 unspecified atom stereocenters. The van der Waals surface area contributed by atoms with Crippen molar-refractivity contribution < 1.29 is 4.43 Å². The fourth-order valence-electron chi connectivity index (χ4n) is 10.5. The van der Waals surface area contributed by atoms with Crippen molar-refractivity contribution in [3.8, 4) is 0 Å². The van der Waals surface area contributed by atoms with Gasteiger partial charge in [-0.3, -0.25) is 0 Å². The Morgan fingerprint density at radius 2 is 1.50 bits per heavy atom. The predicted octanol–water partition coefficient (Wildman–Crippen LogP) is 9.96. The van der Waals surface area contributed by atoms with Crippen molar-refractivity contribution in [2.24, 2.45) is 58.2 Å². The van der Waals surface area contributed by atoms with Gasteiger partial charge in [0.05, 0.1) is 0 Å². The Morgan fingerprint density at radius 1 is 0.824 bits per heavy atom. The third-order valence-electron chi connectivity index (χ3n) is 12.4. The van der Waals surface area contributed by atoms with E-state index in [4.69, 9.17) is 4.43 Å². The molecule has 0 saturated heterocycles. The van der Waals surface area contributed by atoms with Crippen LogP contribution in [0.4, 0.5) is 0 Å². The summed E-state index contributed by atoms with van der Waals surface area (Å²) >= 11 is 0. The second-order valence-electron chi connectivity index (χ2n) is 15.5. The molecule has 4 saturated carbocycles. The van der Waals surface area contributed by atoms with Crippen molar-refractivity contribution in [1.29, 1.82) is 0 Å². The van der Waals surface area contributed by atoms with Crippen molar-refractivity contribution in [2.75, 3.05) is 0 Å². The van der Waals surface area contributed by atoms with Crippen LogP contribution >= 0.6 is 0 Å². The zero-order chi connectivity index (χ0) is 24.9. The lowest BCUT2D eigenvalue weighted by molar-refractivity contribution is -0.127. The lowest BCUT2D eigenvalue weighted by Crippen LogP contribution is -2.54. The molecular weight excluding hydrogens is 428 g/mol. The van der Waals surface area contributed by atoms with E-state index in [0.29, 0.717) is 16.9 Å². The number of hydrogen-bond acceptors (Lipinski definition) is 1. The number of rotatable bonds is 8. The van der Waals surface area contributed by atoms with Gasteiger partial charge in [-0.05, 0) is 142 Å². The number of hydrogen-bond donors (Lipinski definition) is 0. The first-order valence-corrected chi connectivity index (χ1v) is 19.0. The summed E-state index contributed by atoms with van der Waals surface area (Å²) in [7, 11) is -1.43. The third kappa shape index (κ3) is 5.12. The highest BCUT2D eigenvalue weighted by Crippen LogP contribution is 2.68. The van der Waals surface area contributed by atoms with Gasteiger partial charge >= 0.3 is 0 Å². The predicted molar refractivity (Wildman–Crippen MR) is 150 cm³/mol. The fraction of sp³-hybridized carbons (Fsp3) is 1.00. The molecule has 34 heavy (non-hydrogen) atoms. The van der Waals surface area contributed by atoms with Crippen LogP contribution in [-0.2, 0) is 4.43 Å². The first-order chi connectivity index (χ1) is 15.9. The normalized spacial score (nSPS) is 44.3. The lowest BCUT2D eigenvalue weighted by atomic mass is 9.44. The Hall–Kier alpha value is 0.177. The van der Waals surface area contributed by atoms with Crippen LogP contribution in [0, 0.1) is 58.2 Å². The zero-order valence-electron chi connectivity index (χ0n) is 24.6. The Labute approximate surface area is 215 Å². The van der Waals surface area contributed by atoms with E-state index in [-0.39, 0.29) is 0 Å². The molecule has 0 aromatic carbocycles. The second kappa shape index (κ2) is 10.1. The van der Waals surface area contributed by atoms with Gasteiger partial charge in [0.25, 0.3) is 0 Å². The van der Waals surface area contributed by atoms with E-state index in [1.165, 1.54) is 77.0 Å². The Morgan fingerprint density at radius 3 is 2.15 bits per heavy atom. The first-order valence-electron chi connectivity index (χ1n) is 15.6. The Bertz CT molecular complexity index is 681. The van der Waals surface area contributed by atoms with E-state index in [0.717, 1.165) is 47.3 Å². The number of fused-ring (bicyclic) bond motifs is 5. The van der Waals surface area contributed by atoms with Gasteiger partial charge in [-0.2, -0.15) is 0 Å². The van der Waals surface area contributed by atoms with Crippen molar-refractivity contribution in [3.05, 3.63) is 0 Å². The van der Waals surface area contributed by atoms with Crippen LogP contribution in [0.2, 0.25) is 19.6 Å². The van der Waals surface area contributed by atoms with Crippen LogP contribution in [-0.4, -0.2) is 14.4 Å². The molecule has 0 bridgehead atoms. The highest BCUT2D eigenvalue weighted by molar-refractivity contribution is 6.69. The summed E-state index contributed by atoms with van der Waals surface area (Å²) in [5.74, 6) is 7.63. The van der Waals surface area contributed by atoms with E-state index < -0.39 is 8.32 Å². The highest BCUT2D eigenvalue weighted by Gasteiger charge is 2.60. The molecule has 4 aliphatic rings. The van der Waals surface area contributed by atoms with Crippen molar-refractivity contribution in [3.63, 3.8) is 0 Å². The largest absolute Gasteiger partial charge is 0.415 e. The van der Waals surface area contributed by atoms with E-state index in [2.05, 4.69) is 61.2 Å². The van der Waals surface area contributed by atoms with E-state index in [1.54, 1.807) is 0 Å². The molecule has 0 aromatic heterocycles. The molecule has 1 nitrogen and oxygen atoms in total. The molecule has 4 aliphatic carbocycles. The fourth-order valence-corrected chi connectivity index (χ4v) is 11.7. The Kier molecular flexibility index (Phi) is 8.12. The van der Waals surface area contributed by atoms with Gasteiger partial charge in [-0.1, -0.05) is 54.4 Å². The molecule has 198 valence electrons. The topological polar surface area (TPSA) is 9.23 Å². The summed E-state index contributed by atoms with van der Waals surface area (Å²) in [4.78, 5) is 0. The summed E-state index contributed by atoms with van der Waals surface area (Å²) in [5.41, 5.74) is 1.22. The van der Waals surface area contributed by atoms with Crippen LogP contribution in [0.15, 0.2) is 0 Å². The zero-order valence-corrected chi connectivity index (χ0v) is 25.6. The maximum atomic E-state index is 6.64. The van der Waals surface area contributed by atoms with Crippen LogP contribution in [0.25, 0.3) is 0 Å². The maximum Gasteiger partial charge on any atom is 0.184 e. The van der Waals surface area contributed by atoms with Crippen LogP contribution < -0.4 is 0 Å². The minimum atomic E-state index is -1.43. The van der Waals surface area contributed by atoms with Gasteiger partial charge in [0.15, 0.2) is 8.32 Å². The SMILES string of the molecule is CC[C@H](CC[C@@H](C)[C@H]1CC[C@H]2[C@@H]3CCC4CC(O[Si](C)(C)C)CC[C@]4(C)[C@H]3CC[C@]12C)C(C)C. The molecule has 0 radical (unpaired) electrons. The average Bonchev–Trinajstić information content (AvgIpc) is 3.10. The van der Waals surface area contributed by atoms with Crippen LogP contribution in [0.3, 0.4) is 0 Å². The van der Waals surface area contributed by atoms with Crippen molar-refractivity contribution in [1.82, 2.24) is 0 Å². The minimum Gasteiger partial charge on any atom is -0.415 e. The quantitative estimate of drug-likeness (QED) is 0.309. The van der Waals surface area contributed by atoms with Crippen LogP contribution in [0.5, 0.6) is 0 Å². The average molecular weight is 489 g/mol. The molecule has 0 N–H and O–H groups in total. The van der Waals surface area contributed by atoms with Gasteiger partial charge < -0.3 is 4.43 Å². The highest BCUT2D eigenvalue weighted by atomic mass is 28.4. The van der Waals surface area contributed by atoms with Gasteiger partial charge in [0, 0.05) is 6.10 Å². The van der Waals surface area contributed by atoms with Crippen molar-refractivity contribution >= 4 is 8.32 Å². The van der Waals surface area contributed by atoms with E-state index in [9.17, 15) is 0 Å². The summed E-state index contributed by atoms with van der Waals surface area (Å²) in [6.45, 7) is 22.5. The molecule has 10 atom stereocenters. The van der Waals surface area contributed by atoms with E-state index >= 15 is 0 Å². The standard InChI is InChI=1S/C32H60OSi/c1-10-24(22(2)3)12-11-23(4)28-15-16-29-27-14-13-25-21-26(33-34(7,8)9)17-19-31(25,5)30(27)18-20-32(28,29)6/h22-30H,10-21H2,1-9H3/t23-,24-,25?,26?,27+,28-,29+,30+,31+,32-/m1/s1. The molecule has 4 rings (SSSR count). The molecule has 4 fully saturated rings. The minimum absolute atomic E-state index is 0.560. The van der Waals surface area contributed by atoms with Gasteiger partial charge in [0.2, 0.25) is 0 Å². The van der Waals surface area contributed by atoms with E-state index in [1.807, 2.05) is 0 Å². The molecule has 0 heterocycles. The third-order valence-corrected chi connectivity index (χ3v) is 13.4. The van der Waals surface area contributed by atoms with Crippen LogP contribution in [0.1, 0.15) is 119 Å². The smallest absolute Gasteiger partial charge is 0.184 e. The monoisotopic (exact) mass is 488 g/mol. The molecule has 0 aromatic rings.